The van der Waals surface area contributed by atoms with Gasteiger partial charge in [0, 0.05) is 45.5 Å². The Labute approximate surface area is 198 Å². The molecule has 0 radical (unpaired) electrons. The van der Waals surface area contributed by atoms with E-state index in [1.54, 1.807) is 37.4 Å². The van der Waals surface area contributed by atoms with Crippen LogP contribution in [0.3, 0.4) is 0 Å². The zero-order valence-corrected chi connectivity index (χ0v) is 20.1. The Balaban J connectivity index is 1.61. The maximum absolute atomic E-state index is 12.6. The molecule has 9 nitrogen and oxygen atoms in total. The first-order valence-electron chi connectivity index (χ1n) is 11.0. The van der Waals surface area contributed by atoms with Gasteiger partial charge in [0.1, 0.15) is 35.2 Å². The lowest BCUT2D eigenvalue weighted by Crippen LogP contribution is -2.50. The lowest BCUT2D eigenvalue weighted by Gasteiger charge is -2.39. The minimum Gasteiger partial charge on any atom is -0.488 e. The van der Waals surface area contributed by atoms with Crippen molar-refractivity contribution in [2.45, 2.75) is 30.4 Å². The number of aromatic nitrogens is 2. The smallest absolute Gasteiger partial charge is 0.252 e. The predicted molar refractivity (Wildman–Crippen MR) is 128 cm³/mol. The highest BCUT2D eigenvalue weighted by Crippen LogP contribution is 2.29. The molecule has 1 saturated heterocycles. The summed E-state index contributed by atoms with van der Waals surface area (Å²) in [5.41, 5.74) is 2.03. The number of hydrogen-bond acceptors (Lipinski definition) is 8. The molecule has 0 unspecified atom stereocenters. The van der Waals surface area contributed by atoms with Crippen molar-refractivity contribution in [1.29, 1.82) is 5.26 Å². The quantitative estimate of drug-likeness (QED) is 0.526. The van der Waals surface area contributed by atoms with Crippen molar-refractivity contribution in [2.24, 2.45) is 7.05 Å². The average molecular weight is 483 g/mol. The van der Waals surface area contributed by atoms with Crippen molar-refractivity contribution in [3.63, 3.8) is 0 Å². The van der Waals surface area contributed by atoms with Crippen LogP contribution in [0, 0.1) is 11.3 Å². The fourth-order valence-corrected chi connectivity index (χ4v) is 4.81. The number of fused-ring (bicyclic) bond motifs is 1. The molecule has 1 aromatic carbocycles. The second-order valence-electron chi connectivity index (χ2n) is 8.23. The molecule has 0 N–H and O–H groups in total. The van der Waals surface area contributed by atoms with Crippen molar-refractivity contribution >= 4 is 26.6 Å². The van der Waals surface area contributed by atoms with Crippen LogP contribution in [0.5, 0.6) is 5.75 Å². The van der Waals surface area contributed by atoms with Gasteiger partial charge in [0.05, 0.1) is 16.1 Å². The molecule has 1 aliphatic rings. The largest absolute Gasteiger partial charge is 0.488 e. The molecule has 0 saturated carbocycles. The summed E-state index contributed by atoms with van der Waals surface area (Å²) in [5.74, 6) is 0.565. The minimum absolute atomic E-state index is 0.161. The number of anilines is 1. The third kappa shape index (κ3) is 4.76. The van der Waals surface area contributed by atoms with Gasteiger partial charge in [-0.1, -0.05) is 0 Å². The van der Waals surface area contributed by atoms with Crippen LogP contribution in [0.4, 0.5) is 5.69 Å². The molecule has 0 aliphatic carbocycles. The lowest BCUT2D eigenvalue weighted by atomic mass is 10.0. The first kappa shape index (κ1) is 23.7. The van der Waals surface area contributed by atoms with Crippen LogP contribution in [0.1, 0.15) is 19.0 Å². The first-order valence-corrected chi connectivity index (χ1v) is 12.8. The van der Waals surface area contributed by atoms with Gasteiger partial charge in [-0.15, -0.1) is 0 Å². The van der Waals surface area contributed by atoms with E-state index in [9.17, 15) is 18.5 Å². The van der Waals surface area contributed by atoms with Crippen LogP contribution >= 0.6 is 0 Å². The summed E-state index contributed by atoms with van der Waals surface area (Å²) in [6.07, 6.45) is 1.25. The first-order chi connectivity index (χ1) is 16.2. The molecule has 4 rings (SSSR count). The summed E-state index contributed by atoms with van der Waals surface area (Å²) in [4.78, 5) is 19.4. The highest BCUT2D eigenvalue weighted by atomic mass is 32.2. The molecule has 0 spiro atoms. The van der Waals surface area contributed by atoms with Gasteiger partial charge in [0.25, 0.3) is 5.56 Å². The molecule has 0 amide bonds. The average Bonchev–Trinajstić information content (AvgIpc) is 2.82. The van der Waals surface area contributed by atoms with E-state index in [0.717, 1.165) is 0 Å². The number of ether oxygens (including phenoxy) is 2. The van der Waals surface area contributed by atoms with E-state index in [1.165, 1.54) is 23.0 Å². The topological polar surface area (TPSA) is 115 Å². The van der Waals surface area contributed by atoms with Gasteiger partial charge in [0.2, 0.25) is 0 Å². The number of aryl methyl sites for hydroxylation is 1. The van der Waals surface area contributed by atoms with Crippen molar-refractivity contribution in [3.8, 4) is 11.8 Å². The van der Waals surface area contributed by atoms with Gasteiger partial charge in [-0.25, -0.2) is 13.4 Å². The van der Waals surface area contributed by atoms with Crippen LogP contribution in [0.25, 0.3) is 11.0 Å². The normalized spacial score (nSPS) is 18.6. The second-order valence-corrected chi connectivity index (χ2v) is 10.2. The fraction of sp³-hybridized carbons (Fsp3) is 0.375. The maximum Gasteiger partial charge on any atom is 0.252 e. The third-order valence-electron chi connectivity index (χ3n) is 5.94. The zero-order chi connectivity index (χ0) is 24.5. The highest BCUT2D eigenvalue weighted by Gasteiger charge is 2.33. The summed E-state index contributed by atoms with van der Waals surface area (Å²) < 4.78 is 37.1. The van der Waals surface area contributed by atoms with Crippen molar-refractivity contribution in [2.75, 3.05) is 30.9 Å². The molecule has 1 fully saturated rings. The van der Waals surface area contributed by atoms with E-state index in [1.807, 2.05) is 11.8 Å². The number of pyridine rings is 2. The summed E-state index contributed by atoms with van der Waals surface area (Å²) in [5, 5.41) is 9.31. The molecule has 3 aromatic rings. The molecular formula is C24H26N4O5S. The Hall–Kier alpha value is -3.42. The van der Waals surface area contributed by atoms with E-state index in [4.69, 9.17) is 9.47 Å². The van der Waals surface area contributed by atoms with Gasteiger partial charge in [0.15, 0.2) is 9.84 Å². The Morgan fingerprint density at radius 2 is 1.91 bits per heavy atom. The number of nitrogens with zero attached hydrogens (tertiary/aromatic N) is 4. The lowest BCUT2D eigenvalue weighted by molar-refractivity contribution is -0.0280. The Morgan fingerprint density at radius 3 is 2.56 bits per heavy atom. The van der Waals surface area contributed by atoms with E-state index in [-0.39, 0.29) is 28.4 Å². The number of benzene rings is 1. The number of piperidine rings is 1. The SMILES string of the molecule is CCO[C@H]1CN(c2cc(=O)n(C)c3ccc(C#N)nc23)CC[C@@H]1Oc1ccc(S(C)(=O)=O)cc1. The van der Waals surface area contributed by atoms with Crippen LogP contribution < -0.4 is 15.2 Å². The van der Waals surface area contributed by atoms with Gasteiger partial charge in [-0.3, -0.25) is 4.79 Å². The van der Waals surface area contributed by atoms with Gasteiger partial charge >= 0.3 is 0 Å². The molecule has 0 bridgehead atoms. The monoisotopic (exact) mass is 482 g/mol. The van der Waals surface area contributed by atoms with Crippen LogP contribution in [0.2, 0.25) is 0 Å². The summed E-state index contributed by atoms with van der Waals surface area (Å²) in [6.45, 7) is 3.46. The predicted octanol–water partition coefficient (Wildman–Crippen LogP) is 2.27. The van der Waals surface area contributed by atoms with E-state index in [0.29, 0.717) is 48.6 Å². The molecule has 3 heterocycles. The van der Waals surface area contributed by atoms with Gasteiger partial charge < -0.3 is 18.9 Å². The van der Waals surface area contributed by atoms with Crippen molar-refractivity contribution in [3.05, 3.63) is 58.5 Å². The highest BCUT2D eigenvalue weighted by molar-refractivity contribution is 7.90. The maximum atomic E-state index is 12.6. The molecule has 1 aliphatic heterocycles. The van der Waals surface area contributed by atoms with E-state index >= 15 is 0 Å². The molecular weight excluding hydrogens is 456 g/mol. The molecule has 178 valence electrons. The van der Waals surface area contributed by atoms with Crippen molar-refractivity contribution in [1.82, 2.24) is 9.55 Å². The van der Waals surface area contributed by atoms with E-state index in [2.05, 4.69) is 11.1 Å². The van der Waals surface area contributed by atoms with Gasteiger partial charge in [-0.05, 0) is 43.3 Å². The number of sulfone groups is 1. The molecule has 2 atom stereocenters. The number of rotatable bonds is 6. The minimum atomic E-state index is -3.28. The molecule has 2 aromatic heterocycles. The Bertz CT molecular complexity index is 1410. The third-order valence-corrected chi connectivity index (χ3v) is 7.07. The summed E-state index contributed by atoms with van der Waals surface area (Å²) in [7, 11) is -1.60. The fourth-order valence-electron chi connectivity index (χ4n) is 4.18. The second kappa shape index (κ2) is 9.44. The summed E-state index contributed by atoms with van der Waals surface area (Å²) in [6, 6.07) is 13.3. The number of hydrogen-bond donors (Lipinski definition) is 0. The van der Waals surface area contributed by atoms with Crippen LogP contribution in [-0.4, -0.2) is 56.1 Å². The zero-order valence-electron chi connectivity index (χ0n) is 19.3. The Morgan fingerprint density at radius 1 is 1.18 bits per heavy atom. The summed E-state index contributed by atoms with van der Waals surface area (Å²) >= 11 is 0. The van der Waals surface area contributed by atoms with Crippen molar-refractivity contribution < 1.29 is 17.9 Å². The van der Waals surface area contributed by atoms with Crippen LogP contribution in [0.15, 0.2) is 52.2 Å². The Kier molecular flexibility index (Phi) is 6.59. The molecule has 10 heteroatoms. The van der Waals surface area contributed by atoms with E-state index < -0.39 is 9.84 Å². The number of nitriles is 1. The van der Waals surface area contributed by atoms with Gasteiger partial charge in [-0.2, -0.15) is 5.26 Å². The standard InChI is InChI=1S/C24H26N4O5S/c1-4-32-22-15-28(12-11-21(22)33-17-6-8-18(9-7-17)34(3,30)31)20-13-23(29)27(2)19-10-5-16(14-25)26-24(19)20/h5-10,13,21-22H,4,11-12,15H2,1-3H3/t21-,22-/m0/s1. The molecule has 34 heavy (non-hydrogen) atoms. The van der Waals surface area contributed by atoms with Crippen LogP contribution in [-0.2, 0) is 21.6 Å².